The summed E-state index contributed by atoms with van der Waals surface area (Å²) in [7, 11) is 0. The molecule has 150 valence electrons. The first-order valence-corrected chi connectivity index (χ1v) is 9.58. The fourth-order valence-electron chi connectivity index (χ4n) is 3.05. The molecule has 2 rings (SSSR count). The van der Waals surface area contributed by atoms with Gasteiger partial charge < -0.3 is 20.3 Å². The minimum atomic E-state index is -0.494. The highest BCUT2D eigenvalue weighted by Gasteiger charge is 2.37. The lowest BCUT2D eigenvalue weighted by molar-refractivity contribution is -0.132. The Morgan fingerprint density at radius 1 is 1.19 bits per heavy atom. The molecule has 1 saturated heterocycles. The quantitative estimate of drug-likeness (QED) is 0.682. The summed E-state index contributed by atoms with van der Waals surface area (Å²) in [6.45, 7) is 7.27. The molecule has 0 saturated carbocycles. The molecule has 0 radical (unpaired) electrons. The van der Waals surface area contributed by atoms with E-state index < -0.39 is 5.41 Å². The second kappa shape index (κ2) is 10.3. The van der Waals surface area contributed by atoms with Gasteiger partial charge in [-0.25, -0.2) is 9.18 Å². The number of halogens is 1. The molecule has 0 unspecified atom stereocenters. The third-order valence-electron chi connectivity index (χ3n) is 5.01. The van der Waals surface area contributed by atoms with Gasteiger partial charge >= 0.3 is 6.03 Å². The Balaban J connectivity index is 1.72. The zero-order valence-corrected chi connectivity index (χ0v) is 16.2. The van der Waals surface area contributed by atoms with Crippen molar-refractivity contribution in [1.82, 2.24) is 15.5 Å². The molecule has 1 aliphatic rings. The first kappa shape index (κ1) is 21.2. The highest BCUT2D eigenvalue weighted by atomic mass is 19.1. The molecular weight excluding hydrogens is 349 g/mol. The Bertz CT molecular complexity index is 613. The smallest absolute Gasteiger partial charge is 0.317 e. The van der Waals surface area contributed by atoms with Crippen LogP contribution in [0.2, 0.25) is 0 Å². The number of amides is 3. The largest absolute Gasteiger partial charge is 0.382 e. The molecule has 0 spiro atoms. The van der Waals surface area contributed by atoms with Gasteiger partial charge in [0.25, 0.3) is 0 Å². The van der Waals surface area contributed by atoms with E-state index in [0.29, 0.717) is 52.2 Å². The van der Waals surface area contributed by atoms with Gasteiger partial charge in [0.05, 0.1) is 0 Å². The lowest BCUT2D eigenvalue weighted by atomic mass is 9.79. The first-order chi connectivity index (χ1) is 12.9. The Morgan fingerprint density at radius 3 is 2.48 bits per heavy atom. The normalized spacial score (nSPS) is 16.0. The number of nitrogens with zero attached hydrogens (tertiary/aromatic N) is 1. The number of rotatable bonds is 8. The van der Waals surface area contributed by atoms with E-state index in [-0.39, 0.29) is 17.8 Å². The van der Waals surface area contributed by atoms with Crippen LogP contribution in [0.4, 0.5) is 9.18 Å². The first-order valence-electron chi connectivity index (χ1n) is 9.58. The summed E-state index contributed by atoms with van der Waals surface area (Å²) in [6, 6.07) is 6.01. The van der Waals surface area contributed by atoms with E-state index >= 15 is 0 Å². The van der Waals surface area contributed by atoms with Crippen LogP contribution in [0, 0.1) is 11.2 Å². The summed E-state index contributed by atoms with van der Waals surface area (Å²) >= 11 is 0. The SMILES string of the molecule is CCOCCCNC(=O)N1CCC(C)(C(=O)NCc2ccc(F)cc2)CC1. The van der Waals surface area contributed by atoms with Crippen molar-refractivity contribution in [1.29, 1.82) is 0 Å². The van der Waals surface area contributed by atoms with Crippen molar-refractivity contribution < 1.29 is 18.7 Å². The topological polar surface area (TPSA) is 70.7 Å². The third kappa shape index (κ3) is 6.50. The molecule has 0 atom stereocenters. The maximum absolute atomic E-state index is 12.9. The van der Waals surface area contributed by atoms with E-state index in [4.69, 9.17) is 4.74 Å². The van der Waals surface area contributed by atoms with Crippen molar-refractivity contribution in [2.24, 2.45) is 5.41 Å². The minimum absolute atomic E-state index is 0.0244. The molecule has 0 bridgehead atoms. The molecule has 1 aliphatic heterocycles. The number of carbonyl (C=O) groups is 2. The van der Waals surface area contributed by atoms with Gasteiger partial charge in [0, 0.05) is 44.8 Å². The van der Waals surface area contributed by atoms with Gasteiger partial charge in [0.15, 0.2) is 0 Å². The summed E-state index contributed by atoms with van der Waals surface area (Å²) in [6.07, 6.45) is 2.03. The molecule has 7 heteroatoms. The van der Waals surface area contributed by atoms with Gasteiger partial charge in [-0.3, -0.25) is 4.79 Å². The van der Waals surface area contributed by atoms with Crippen molar-refractivity contribution in [2.45, 2.75) is 39.7 Å². The number of benzene rings is 1. The van der Waals surface area contributed by atoms with Crippen LogP contribution in [0.25, 0.3) is 0 Å². The lowest BCUT2D eigenvalue weighted by Crippen LogP contribution is -2.51. The summed E-state index contributed by atoms with van der Waals surface area (Å²) in [5.41, 5.74) is 0.364. The van der Waals surface area contributed by atoms with E-state index in [1.54, 1.807) is 17.0 Å². The Morgan fingerprint density at radius 2 is 1.85 bits per heavy atom. The molecule has 27 heavy (non-hydrogen) atoms. The number of likely N-dealkylation sites (tertiary alicyclic amines) is 1. The van der Waals surface area contributed by atoms with Crippen LogP contribution in [-0.2, 0) is 16.1 Å². The second-order valence-electron chi connectivity index (χ2n) is 7.14. The number of carbonyl (C=O) groups excluding carboxylic acids is 2. The van der Waals surface area contributed by atoms with Crippen LogP contribution in [0.5, 0.6) is 0 Å². The van der Waals surface area contributed by atoms with E-state index in [2.05, 4.69) is 10.6 Å². The summed E-state index contributed by atoms with van der Waals surface area (Å²) in [5, 5.41) is 5.83. The van der Waals surface area contributed by atoms with Crippen molar-refractivity contribution >= 4 is 11.9 Å². The molecule has 6 nitrogen and oxygen atoms in total. The Labute approximate surface area is 160 Å². The number of urea groups is 1. The standard InChI is InChI=1S/C20H30FN3O3/c1-3-27-14-4-11-22-19(26)24-12-9-20(2,10-13-24)18(25)23-15-16-5-7-17(21)8-6-16/h5-8H,3-4,9-15H2,1-2H3,(H,22,26)(H,23,25). The molecular formula is C20H30FN3O3. The molecule has 3 amide bonds. The lowest BCUT2D eigenvalue weighted by Gasteiger charge is -2.38. The van der Waals surface area contributed by atoms with Crippen molar-refractivity contribution in [3.05, 3.63) is 35.6 Å². The van der Waals surface area contributed by atoms with E-state index in [0.717, 1.165) is 12.0 Å². The summed E-state index contributed by atoms with van der Waals surface area (Å²) in [4.78, 5) is 26.5. The second-order valence-corrected chi connectivity index (χ2v) is 7.14. The Hall–Kier alpha value is -2.15. The number of hydrogen-bond donors (Lipinski definition) is 2. The molecule has 0 aromatic heterocycles. The zero-order chi connectivity index (χ0) is 19.7. The molecule has 2 N–H and O–H groups in total. The van der Waals surface area contributed by atoms with E-state index in [1.807, 2.05) is 13.8 Å². The summed E-state index contributed by atoms with van der Waals surface area (Å²) < 4.78 is 18.2. The van der Waals surface area contributed by atoms with E-state index in [9.17, 15) is 14.0 Å². The van der Waals surface area contributed by atoms with Crippen molar-refractivity contribution in [3.63, 3.8) is 0 Å². The monoisotopic (exact) mass is 379 g/mol. The maximum Gasteiger partial charge on any atom is 0.317 e. The highest BCUT2D eigenvalue weighted by molar-refractivity contribution is 5.83. The predicted molar refractivity (Wildman–Crippen MR) is 102 cm³/mol. The van der Waals surface area contributed by atoms with Crippen LogP contribution in [0.3, 0.4) is 0 Å². The molecule has 1 aromatic carbocycles. The third-order valence-corrected chi connectivity index (χ3v) is 5.01. The average molecular weight is 379 g/mol. The number of piperidine rings is 1. The van der Waals surface area contributed by atoms with Gasteiger partial charge in [-0.05, 0) is 43.9 Å². The number of hydrogen-bond acceptors (Lipinski definition) is 3. The van der Waals surface area contributed by atoms with Crippen molar-refractivity contribution in [3.8, 4) is 0 Å². The van der Waals surface area contributed by atoms with Gasteiger partial charge in [-0.15, -0.1) is 0 Å². The highest BCUT2D eigenvalue weighted by Crippen LogP contribution is 2.31. The minimum Gasteiger partial charge on any atom is -0.382 e. The van der Waals surface area contributed by atoms with Crippen LogP contribution >= 0.6 is 0 Å². The van der Waals surface area contributed by atoms with Gasteiger partial charge in [0.1, 0.15) is 5.82 Å². The number of ether oxygens (including phenoxy) is 1. The van der Waals surface area contributed by atoms with Gasteiger partial charge in [-0.2, -0.15) is 0 Å². The van der Waals surface area contributed by atoms with Crippen LogP contribution in [0.15, 0.2) is 24.3 Å². The Kier molecular flexibility index (Phi) is 8.03. The van der Waals surface area contributed by atoms with Crippen LogP contribution in [0.1, 0.15) is 38.7 Å². The van der Waals surface area contributed by atoms with E-state index in [1.165, 1.54) is 12.1 Å². The fourth-order valence-corrected chi connectivity index (χ4v) is 3.05. The molecule has 1 heterocycles. The number of nitrogens with one attached hydrogen (secondary N) is 2. The predicted octanol–water partition coefficient (Wildman–Crippen LogP) is 2.68. The molecule has 0 aliphatic carbocycles. The average Bonchev–Trinajstić information content (AvgIpc) is 2.67. The summed E-state index contributed by atoms with van der Waals surface area (Å²) in [5.74, 6) is -0.316. The maximum atomic E-state index is 12.9. The molecule has 1 fully saturated rings. The van der Waals surface area contributed by atoms with Crippen LogP contribution < -0.4 is 10.6 Å². The molecule has 1 aromatic rings. The zero-order valence-electron chi connectivity index (χ0n) is 16.2. The van der Waals surface area contributed by atoms with Gasteiger partial charge in [-0.1, -0.05) is 19.1 Å². The van der Waals surface area contributed by atoms with Crippen LogP contribution in [-0.4, -0.2) is 49.7 Å². The van der Waals surface area contributed by atoms with Crippen molar-refractivity contribution in [2.75, 3.05) is 32.8 Å². The fraction of sp³-hybridized carbons (Fsp3) is 0.600. The van der Waals surface area contributed by atoms with Gasteiger partial charge in [0.2, 0.25) is 5.91 Å².